The van der Waals surface area contributed by atoms with Crippen molar-refractivity contribution in [2.75, 3.05) is 6.54 Å². The van der Waals surface area contributed by atoms with Crippen molar-refractivity contribution in [3.8, 4) is 0 Å². The lowest BCUT2D eigenvalue weighted by atomic mass is 10.1. The lowest BCUT2D eigenvalue weighted by Crippen LogP contribution is -2.48. The van der Waals surface area contributed by atoms with Crippen LogP contribution in [0.2, 0.25) is 0 Å². The van der Waals surface area contributed by atoms with Gasteiger partial charge in [-0.25, -0.2) is 0 Å². The Labute approximate surface area is 169 Å². The summed E-state index contributed by atoms with van der Waals surface area (Å²) in [5, 5.41) is 2.96. The summed E-state index contributed by atoms with van der Waals surface area (Å²) in [4.78, 5) is 27.4. The number of rotatable bonds is 9. The highest BCUT2D eigenvalue weighted by Gasteiger charge is 2.25. The van der Waals surface area contributed by atoms with E-state index in [-0.39, 0.29) is 11.8 Å². The van der Waals surface area contributed by atoms with E-state index < -0.39 is 6.04 Å². The molecule has 0 saturated heterocycles. The van der Waals surface area contributed by atoms with Crippen molar-refractivity contribution < 1.29 is 9.59 Å². The molecule has 4 heteroatoms. The molecule has 2 aromatic rings. The molecule has 2 rings (SSSR count). The van der Waals surface area contributed by atoms with Crippen LogP contribution < -0.4 is 5.32 Å². The number of benzene rings is 2. The molecule has 0 aromatic heterocycles. The minimum absolute atomic E-state index is 0.00226. The molecule has 4 nitrogen and oxygen atoms in total. The highest BCUT2D eigenvalue weighted by molar-refractivity contribution is 5.87. The van der Waals surface area contributed by atoms with Gasteiger partial charge < -0.3 is 10.2 Å². The molecule has 0 fully saturated rings. The van der Waals surface area contributed by atoms with Gasteiger partial charge in [-0.3, -0.25) is 9.59 Å². The van der Waals surface area contributed by atoms with E-state index in [0.717, 1.165) is 16.7 Å². The van der Waals surface area contributed by atoms with Crippen molar-refractivity contribution in [1.29, 1.82) is 0 Å². The molecule has 1 atom stereocenters. The highest BCUT2D eigenvalue weighted by atomic mass is 16.2. The molecule has 2 aromatic carbocycles. The number of hydrogen-bond acceptors (Lipinski definition) is 2. The van der Waals surface area contributed by atoms with Gasteiger partial charge in [0.2, 0.25) is 11.8 Å². The number of nitrogens with one attached hydrogen (secondary N) is 1. The summed E-state index contributed by atoms with van der Waals surface area (Å²) >= 11 is 0. The van der Waals surface area contributed by atoms with E-state index >= 15 is 0 Å². The van der Waals surface area contributed by atoms with Crippen LogP contribution in [-0.2, 0) is 22.6 Å². The van der Waals surface area contributed by atoms with E-state index in [1.807, 2.05) is 62.4 Å². The second-order valence-electron chi connectivity index (χ2n) is 7.81. The maximum atomic E-state index is 13.0. The molecule has 0 aliphatic carbocycles. The van der Waals surface area contributed by atoms with Gasteiger partial charge in [0.15, 0.2) is 0 Å². The van der Waals surface area contributed by atoms with Crippen LogP contribution >= 0.6 is 0 Å². The zero-order chi connectivity index (χ0) is 20.5. The first-order valence-electron chi connectivity index (χ1n) is 10.0. The fourth-order valence-electron chi connectivity index (χ4n) is 3.08. The number of carbonyl (C=O) groups is 2. The molecular weight excluding hydrogens is 348 g/mol. The van der Waals surface area contributed by atoms with Crippen LogP contribution in [0.3, 0.4) is 0 Å². The average molecular weight is 381 g/mol. The largest absolute Gasteiger partial charge is 0.354 e. The number of nitrogens with zero attached hydrogens (tertiary/aromatic N) is 1. The first kappa shape index (κ1) is 21.7. The molecule has 150 valence electrons. The minimum atomic E-state index is -0.512. The Morgan fingerprint density at radius 1 is 0.964 bits per heavy atom. The predicted molar refractivity (Wildman–Crippen MR) is 114 cm³/mol. The van der Waals surface area contributed by atoms with Gasteiger partial charge in [0.25, 0.3) is 0 Å². The standard InChI is InChI=1S/C24H32N2O2/c1-18(2)16-25-24(28)20(4)26(17-22-12-8-9-19(3)15-22)23(27)14-13-21-10-6-5-7-11-21/h5-12,15,18,20H,13-14,16-17H2,1-4H3,(H,25,28)/t20-/m0/s1. The zero-order valence-corrected chi connectivity index (χ0v) is 17.4. The predicted octanol–water partition coefficient (Wildman–Crippen LogP) is 4.12. The van der Waals surface area contributed by atoms with Crippen molar-refractivity contribution >= 4 is 11.8 Å². The Morgan fingerprint density at radius 2 is 1.64 bits per heavy atom. The van der Waals surface area contributed by atoms with Crippen LogP contribution in [0.15, 0.2) is 54.6 Å². The molecule has 0 heterocycles. The Morgan fingerprint density at radius 3 is 2.29 bits per heavy atom. The fraction of sp³-hybridized carbons (Fsp3) is 0.417. The molecule has 0 spiro atoms. The van der Waals surface area contributed by atoms with Gasteiger partial charge in [-0.1, -0.05) is 74.0 Å². The monoisotopic (exact) mass is 380 g/mol. The molecule has 0 bridgehead atoms. The number of aryl methyl sites for hydroxylation is 2. The van der Waals surface area contributed by atoms with Gasteiger partial charge in [0.1, 0.15) is 6.04 Å². The number of hydrogen-bond donors (Lipinski definition) is 1. The maximum absolute atomic E-state index is 13.0. The van der Waals surface area contributed by atoms with E-state index in [2.05, 4.69) is 25.2 Å². The van der Waals surface area contributed by atoms with Crippen LogP contribution in [-0.4, -0.2) is 29.3 Å². The second kappa shape index (κ2) is 10.6. The molecule has 0 aliphatic heterocycles. The molecule has 28 heavy (non-hydrogen) atoms. The Bertz CT molecular complexity index is 771. The first-order valence-corrected chi connectivity index (χ1v) is 10.0. The van der Waals surface area contributed by atoms with Crippen molar-refractivity contribution in [3.05, 3.63) is 71.3 Å². The van der Waals surface area contributed by atoms with Crippen molar-refractivity contribution in [2.24, 2.45) is 5.92 Å². The molecule has 0 radical (unpaired) electrons. The van der Waals surface area contributed by atoms with Crippen LogP contribution in [0.25, 0.3) is 0 Å². The zero-order valence-electron chi connectivity index (χ0n) is 17.4. The van der Waals surface area contributed by atoms with Crippen LogP contribution in [0.5, 0.6) is 0 Å². The minimum Gasteiger partial charge on any atom is -0.354 e. The first-order chi connectivity index (χ1) is 13.4. The molecule has 0 unspecified atom stereocenters. The number of carbonyl (C=O) groups excluding carboxylic acids is 2. The van der Waals surface area contributed by atoms with Crippen molar-refractivity contribution in [1.82, 2.24) is 10.2 Å². The Hall–Kier alpha value is -2.62. The molecule has 2 amide bonds. The van der Waals surface area contributed by atoms with E-state index in [1.54, 1.807) is 4.90 Å². The third kappa shape index (κ3) is 6.84. The van der Waals surface area contributed by atoms with Crippen molar-refractivity contribution in [2.45, 2.75) is 53.1 Å². The van der Waals surface area contributed by atoms with Gasteiger partial charge >= 0.3 is 0 Å². The SMILES string of the molecule is Cc1cccc(CN(C(=O)CCc2ccccc2)[C@@H](C)C(=O)NCC(C)C)c1. The van der Waals surface area contributed by atoms with Crippen LogP contribution in [0.4, 0.5) is 0 Å². The normalized spacial score (nSPS) is 11.9. The summed E-state index contributed by atoms with van der Waals surface area (Å²) in [6, 6.07) is 17.6. The lowest BCUT2D eigenvalue weighted by molar-refractivity contribution is -0.140. The lowest BCUT2D eigenvalue weighted by Gasteiger charge is -2.29. The summed E-state index contributed by atoms with van der Waals surface area (Å²) in [6.07, 6.45) is 1.06. The summed E-state index contributed by atoms with van der Waals surface area (Å²) in [6.45, 7) is 9.00. The van der Waals surface area contributed by atoms with Gasteiger partial charge in [0, 0.05) is 19.5 Å². The summed E-state index contributed by atoms with van der Waals surface area (Å²) in [5.74, 6) is 0.266. The molecule has 1 N–H and O–H groups in total. The average Bonchev–Trinajstić information content (AvgIpc) is 2.68. The molecule has 0 saturated carbocycles. The Kier molecular flexibility index (Phi) is 8.24. The molecular formula is C24H32N2O2. The van der Waals surface area contributed by atoms with Crippen LogP contribution in [0, 0.1) is 12.8 Å². The van der Waals surface area contributed by atoms with Crippen molar-refractivity contribution in [3.63, 3.8) is 0 Å². The van der Waals surface area contributed by atoms with E-state index in [9.17, 15) is 9.59 Å². The summed E-state index contributed by atoms with van der Waals surface area (Å²) < 4.78 is 0. The van der Waals surface area contributed by atoms with Gasteiger partial charge in [-0.05, 0) is 37.3 Å². The summed E-state index contributed by atoms with van der Waals surface area (Å²) in [5.41, 5.74) is 3.31. The van der Waals surface area contributed by atoms with Crippen LogP contribution in [0.1, 0.15) is 43.9 Å². The Balaban J connectivity index is 2.11. The topological polar surface area (TPSA) is 49.4 Å². The highest BCUT2D eigenvalue weighted by Crippen LogP contribution is 2.14. The maximum Gasteiger partial charge on any atom is 0.242 e. The molecule has 0 aliphatic rings. The van der Waals surface area contributed by atoms with E-state index in [4.69, 9.17) is 0 Å². The van der Waals surface area contributed by atoms with E-state index in [0.29, 0.717) is 31.8 Å². The van der Waals surface area contributed by atoms with Gasteiger partial charge in [0.05, 0.1) is 0 Å². The third-order valence-corrected chi connectivity index (χ3v) is 4.76. The van der Waals surface area contributed by atoms with E-state index in [1.165, 1.54) is 0 Å². The summed E-state index contributed by atoms with van der Waals surface area (Å²) in [7, 11) is 0. The fourth-order valence-corrected chi connectivity index (χ4v) is 3.08. The quantitative estimate of drug-likeness (QED) is 0.711. The van der Waals surface area contributed by atoms with Gasteiger partial charge in [-0.2, -0.15) is 0 Å². The smallest absolute Gasteiger partial charge is 0.242 e. The number of amides is 2. The third-order valence-electron chi connectivity index (χ3n) is 4.76. The van der Waals surface area contributed by atoms with Gasteiger partial charge in [-0.15, -0.1) is 0 Å². The second-order valence-corrected chi connectivity index (χ2v) is 7.81.